The number of halogens is 3. The second-order valence-electron chi connectivity index (χ2n) is 2.93. The first-order chi connectivity index (χ1) is 7.15. The van der Waals surface area contributed by atoms with E-state index in [0.29, 0.717) is 17.4 Å². The summed E-state index contributed by atoms with van der Waals surface area (Å²) in [4.78, 5) is 5.34. The maximum atomic E-state index is 12.3. The third kappa shape index (κ3) is 3.60. The van der Waals surface area contributed by atoms with E-state index in [1.807, 2.05) is 0 Å². The monoisotopic (exact) mass is 235 g/mol. The van der Waals surface area contributed by atoms with E-state index in [1.165, 1.54) is 11.1 Å². The van der Waals surface area contributed by atoms with Crippen molar-refractivity contribution in [2.45, 2.75) is 6.43 Å². The lowest BCUT2D eigenvalue weighted by atomic mass is 10.4. The van der Waals surface area contributed by atoms with Crippen molar-refractivity contribution in [2.24, 2.45) is 5.73 Å². The van der Waals surface area contributed by atoms with Gasteiger partial charge in [0.15, 0.2) is 0 Å². The van der Waals surface area contributed by atoms with Gasteiger partial charge in [0.25, 0.3) is 6.43 Å². The second kappa shape index (κ2) is 5.82. The summed E-state index contributed by atoms with van der Waals surface area (Å²) < 4.78 is 24.5. The molecule has 1 heterocycles. The number of hydrogen-bond donors (Lipinski definition) is 1. The summed E-state index contributed by atoms with van der Waals surface area (Å²) >= 11 is 5.85. The lowest BCUT2D eigenvalue weighted by molar-refractivity contribution is 0.155. The van der Waals surface area contributed by atoms with Crippen LogP contribution in [0.2, 0.25) is 5.02 Å². The van der Waals surface area contributed by atoms with Crippen LogP contribution in [-0.4, -0.2) is 31.0 Å². The van der Waals surface area contributed by atoms with Gasteiger partial charge in [-0.1, -0.05) is 11.6 Å². The zero-order chi connectivity index (χ0) is 11.3. The van der Waals surface area contributed by atoms with Crippen molar-refractivity contribution < 1.29 is 8.78 Å². The highest BCUT2D eigenvalue weighted by molar-refractivity contribution is 6.32. The van der Waals surface area contributed by atoms with Crippen LogP contribution in [0.15, 0.2) is 18.3 Å². The van der Waals surface area contributed by atoms with Gasteiger partial charge in [0.05, 0.1) is 11.6 Å². The van der Waals surface area contributed by atoms with E-state index >= 15 is 0 Å². The number of nitrogens with two attached hydrogens (primary N) is 1. The number of rotatable bonds is 5. The highest BCUT2D eigenvalue weighted by Crippen LogP contribution is 2.22. The van der Waals surface area contributed by atoms with Crippen LogP contribution in [0, 0.1) is 0 Å². The molecule has 0 unspecified atom stereocenters. The first kappa shape index (κ1) is 12.1. The largest absolute Gasteiger partial charge is 0.348 e. The molecule has 0 atom stereocenters. The van der Waals surface area contributed by atoms with E-state index in [4.69, 9.17) is 17.3 Å². The Morgan fingerprint density at radius 2 is 2.27 bits per heavy atom. The summed E-state index contributed by atoms with van der Waals surface area (Å²) in [5.41, 5.74) is 5.34. The minimum absolute atomic E-state index is 0.277. The lowest BCUT2D eigenvalue weighted by Crippen LogP contribution is -2.34. The molecule has 0 aliphatic rings. The molecule has 0 amide bonds. The molecular weight excluding hydrogens is 224 g/mol. The zero-order valence-corrected chi connectivity index (χ0v) is 8.79. The summed E-state index contributed by atoms with van der Waals surface area (Å²) in [7, 11) is 0. The summed E-state index contributed by atoms with van der Waals surface area (Å²) in [5, 5.41) is 0.353. The average Bonchev–Trinajstić information content (AvgIpc) is 2.17. The molecule has 0 bridgehead atoms. The molecule has 0 spiro atoms. The fourth-order valence-electron chi connectivity index (χ4n) is 1.22. The van der Waals surface area contributed by atoms with Crippen LogP contribution in [0.4, 0.5) is 14.6 Å². The van der Waals surface area contributed by atoms with E-state index in [2.05, 4.69) is 4.98 Å². The number of nitrogens with zero attached hydrogens (tertiary/aromatic N) is 2. The Morgan fingerprint density at radius 1 is 1.53 bits per heavy atom. The van der Waals surface area contributed by atoms with Crippen LogP contribution < -0.4 is 10.6 Å². The van der Waals surface area contributed by atoms with Crippen LogP contribution in [0.5, 0.6) is 0 Å². The SMILES string of the molecule is NCCN(CC(F)F)c1ncccc1Cl. The minimum Gasteiger partial charge on any atom is -0.348 e. The van der Waals surface area contributed by atoms with Crippen molar-refractivity contribution in [1.29, 1.82) is 0 Å². The van der Waals surface area contributed by atoms with Gasteiger partial charge in [-0.05, 0) is 12.1 Å². The van der Waals surface area contributed by atoms with E-state index in [0.717, 1.165) is 0 Å². The summed E-state index contributed by atoms with van der Waals surface area (Å²) in [6.07, 6.45) is -0.925. The van der Waals surface area contributed by atoms with Crippen LogP contribution in [0.1, 0.15) is 0 Å². The van der Waals surface area contributed by atoms with Crippen molar-refractivity contribution in [3.63, 3.8) is 0 Å². The Hall–Kier alpha value is -0.940. The molecular formula is C9H12ClF2N3. The zero-order valence-electron chi connectivity index (χ0n) is 8.04. The molecule has 1 aromatic heterocycles. The highest BCUT2D eigenvalue weighted by atomic mass is 35.5. The number of hydrogen-bond acceptors (Lipinski definition) is 3. The quantitative estimate of drug-likeness (QED) is 0.846. The van der Waals surface area contributed by atoms with Crippen molar-refractivity contribution >= 4 is 17.4 Å². The molecule has 15 heavy (non-hydrogen) atoms. The second-order valence-corrected chi connectivity index (χ2v) is 3.34. The highest BCUT2D eigenvalue weighted by Gasteiger charge is 2.15. The topological polar surface area (TPSA) is 42.1 Å². The van der Waals surface area contributed by atoms with Crippen molar-refractivity contribution in [1.82, 2.24) is 4.98 Å². The van der Waals surface area contributed by atoms with Gasteiger partial charge in [0, 0.05) is 19.3 Å². The van der Waals surface area contributed by atoms with Gasteiger partial charge in [-0.15, -0.1) is 0 Å². The smallest absolute Gasteiger partial charge is 0.255 e. The number of alkyl halides is 2. The molecule has 0 aliphatic carbocycles. The van der Waals surface area contributed by atoms with Gasteiger partial charge >= 0.3 is 0 Å². The van der Waals surface area contributed by atoms with Crippen LogP contribution >= 0.6 is 11.6 Å². The summed E-state index contributed by atoms with van der Waals surface area (Å²) in [5.74, 6) is 0.352. The Bertz CT molecular complexity index is 309. The van der Waals surface area contributed by atoms with Gasteiger partial charge in [-0.3, -0.25) is 0 Å². The molecule has 1 rings (SSSR count). The molecule has 84 valence electrons. The summed E-state index contributed by atoms with van der Waals surface area (Å²) in [6, 6.07) is 3.26. The van der Waals surface area contributed by atoms with Gasteiger partial charge in [-0.25, -0.2) is 13.8 Å². The molecule has 0 radical (unpaired) electrons. The third-order valence-electron chi connectivity index (χ3n) is 1.80. The van der Waals surface area contributed by atoms with E-state index < -0.39 is 13.0 Å². The molecule has 0 saturated heterocycles. The lowest BCUT2D eigenvalue weighted by Gasteiger charge is -2.23. The number of anilines is 1. The Balaban J connectivity index is 2.83. The standard InChI is InChI=1S/C9H12ClF2N3/c10-7-2-1-4-14-9(7)15(5-3-13)6-8(11)12/h1-2,4,8H,3,5-6,13H2. The summed E-state index contributed by atoms with van der Waals surface area (Å²) in [6.45, 7) is 0.175. The molecule has 2 N–H and O–H groups in total. The van der Waals surface area contributed by atoms with Gasteiger partial charge in [0.2, 0.25) is 0 Å². The van der Waals surface area contributed by atoms with Gasteiger partial charge in [-0.2, -0.15) is 0 Å². The fourth-order valence-corrected chi connectivity index (χ4v) is 1.46. The Morgan fingerprint density at radius 3 is 2.80 bits per heavy atom. The molecule has 0 fully saturated rings. The van der Waals surface area contributed by atoms with Crippen molar-refractivity contribution in [2.75, 3.05) is 24.5 Å². The minimum atomic E-state index is -2.44. The van der Waals surface area contributed by atoms with Crippen molar-refractivity contribution in [3.05, 3.63) is 23.4 Å². The Kier molecular flexibility index (Phi) is 4.71. The van der Waals surface area contributed by atoms with Gasteiger partial charge < -0.3 is 10.6 Å². The first-order valence-corrected chi connectivity index (χ1v) is 4.86. The third-order valence-corrected chi connectivity index (χ3v) is 2.09. The van der Waals surface area contributed by atoms with E-state index in [1.54, 1.807) is 12.1 Å². The van der Waals surface area contributed by atoms with Crippen LogP contribution in [-0.2, 0) is 0 Å². The predicted octanol–water partition coefficient (Wildman–Crippen LogP) is 1.77. The molecule has 0 aromatic carbocycles. The van der Waals surface area contributed by atoms with E-state index in [9.17, 15) is 8.78 Å². The molecule has 6 heteroatoms. The average molecular weight is 236 g/mol. The first-order valence-electron chi connectivity index (χ1n) is 4.49. The van der Waals surface area contributed by atoms with Crippen LogP contribution in [0.25, 0.3) is 0 Å². The van der Waals surface area contributed by atoms with Gasteiger partial charge in [0.1, 0.15) is 5.82 Å². The fraction of sp³-hybridized carbons (Fsp3) is 0.444. The predicted molar refractivity (Wildman–Crippen MR) is 56.5 cm³/mol. The molecule has 0 aliphatic heterocycles. The number of aromatic nitrogens is 1. The van der Waals surface area contributed by atoms with E-state index in [-0.39, 0.29) is 6.54 Å². The normalized spacial score (nSPS) is 10.7. The molecule has 1 aromatic rings. The molecule has 3 nitrogen and oxygen atoms in total. The van der Waals surface area contributed by atoms with Crippen LogP contribution in [0.3, 0.4) is 0 Å². The van der Waals surface area contributed by atoms with Crippen molar-refractivity contribution in [3.8, 4) is 0 Å². The maximum absolute atomic E-state index is 12.3. The maximum Gasteiger partial charge on any atom is 0.255 e. The Labute approximate surface area is 91.8 Å². The number of pyridine rings is 1. The molecule has 0 saturated carbocycles.